The van der Waals surface area contributed by atoms with Gasteiger partial charge in [0.1, 0.15) is 5.75 Å². The number of halogens is 1. The topological polar surface area (TPSA) is 35.2 Å². The Balaban J connectivity index is 2.51. The summed E-state index contributed by atoms with van der Waals surface area (Å²) in [5, 5.41) is 0. The minimum absolute atomic E-state index is 0.197. The van der Waals surface area contributed by atoms with E-state index in [-0.39, 0.29) is 6.04 Å². The van der Waals surface area contributed by atoms with E-state index < -0.39 is 0 Å². The summed E-state index contributed by atoms with van der Waals surface area (Å²) in [6.07, 6.45) is 3.46. The van der Waals surface area contributed by atoms with Gasteiger partial charge in [0.2, 0.25) is 0 Å². The van der Waals surface area contributed by atoms with Gasteiger partial charge in [-0.3, -0.25) is 0 Å². The summed E-state index contributed by atoms with van der Waals surface area (Å²) in [5.41, 5.74) is 8.78. The van der Waals surface area contributed by atoms with E-state index in [2.05, 4.69) is 34.7 Å². The molecule has 0 bridgehead atoms. The highest BCUT2D eigenvalue weighted by Gasteiger charge is 2.19. The molecule has 0 aliphatic heterocycles. The zero-order valence-corrected chi connectivity index (χ0v) is 10.4. The Bertz CT molecular complexity index is 351. The van der Waals surface area contributed by atoms with Crippen molar-refractivity contribution in [2.45, 2.75) is 25.3 Å². The predicted molar refractivity (Wildman–Crippen MR) is 65.6 cm³/mol. The second-order valence-electron chi connectivity index (χ2n) is 3.68. The van der Waals surface area contributed by atoms with E-state index in [0.717, 1.165) is 18.6 Å². The van der Waals surface area contributed by atoms with E-state index in [1.165, 1.54) is 21.1 Å². The van der Waals surface area contributed by atoms with Crippen molar-refractivity contribution in [3.63, 3.8) is 0 Å². The second-order valence-corrected chi connectivity index (χ2v) is 4.84. The highest BCUT2D eigenvalue weighted by atomic mass is 127. The molecule has 3 heteroatoms. The van der Waals surface area contributed by atoms with Gasteiger partial charge in [0.15, 0.2) is 0 Å². The molecule has 0 radical (unpaired) electrons. The van der Waals surface area contributed by atoms with E-state index in [1.807, 2.05) is 0 Å². The number of methoxy groups -OCH3 is 1. The lowest BCUT2D eigenvalue weighted by Crippen LogP contribution is -2.18. The molecule has 0 fully saturated rings. The van der Waals surface area contributed by atoms with Crippen molar-refractivity contribution in [2.24, 2.45) is 5.73 Å². The van der Waals surface area contributed by atoms with Crippen molar-refractivity contribution in [3.05, 3.63) is 26.8 Å². The minimum Gasteiger partial charge on any atom is -0.497 e. The molecule has 76 valence electrons. The smallest absolute Gasteiger partial charge is 0.120 e. The highest BCUT2D eigenvalue weighted by molar-refractivity contribution is 14.1. The molecule has 0 amide bonds. The van der Waals surface area contributed by atoms with Gasteiger partial charge in [-0.15, -0.1) is 0 Å². The maximum absolute atomic E-state index is 6.08. The Morgan fingerprint density at radius 1 is 1.50 bits per heavy atom. The van der Waals surface area contributed by atoms with Crippen molar-refractivity contribution in [1.29, 1.82) is 0 Å². The quantitative estimate of drug-likeness (QED) is 0.810. The van der Waals surface area contributed by atoms with E-state index in [0.29, 0.717) is 0 Å². The minimum atomic E-state index is 0.197. The molecule has 1 aliphatic carbocycles. The number of hydrogen-bond acceptors (Lipinski definition) is 2. The Labute approximate surface area is 98.0 Å². The first-order chi connectivity index (χ1) is 6.72. The fourth-order valence-electron chi connectivity index (χ4n) is 2.00. The van der Waals surface area contributed by atoms with Crippen LogP contribution in [-0.4, -0.2) is 7.11 Å². The first-order valence-corrected chi connectivity index (χ1v) is 5.92. The zero-order valence-electron chi connectivity index (χ0n) is 8.22. The molecule has 0 aromatic heterocycles. The van der Waals surface area contributed by atoms with Crippen LogP contribution in [0.2, 0.25) is 0 Å². The van der Waals surface area contributed by atoms with Crippen LogP contribution in [0, 0.1) is 3.57 Å². The number of nitrogens with two attached hydrogens (primary N) is 1. The van der Waals surface area contributed by atoms with Crippen LogP contribution >= 0.6 is 22.6 Å². The molecule has 1 aromatic rings. The van der Waals surface area contributed by atoms with Gasteiger partial charge < -0.3 is 10.5 Å². The Kier molecular flexibility index (Phi) is 2.97. The molecule has 0 saturated heterocycles. The van der Waals surface area contributed by atoms with E-state index >= 15 is 0 Å². The van der Waals surface area contributed by atoms with Crippen LogP contribution in [-0.2, 0) is 6.42 Å². The van der Waals surface area contributed by atoms with Crippen LogP contribution in [0.15, 0.2) is 12.1 Å². The first-order valence-electron chi connectivity index (χ1n) is 4.84. The van der Waals surface area contributed by atoms with Gasteiger partial charge in [-0.1, -0.05) is 0 Å². The number of hydrogen-bond donors (Lipinski definition) is 1. The Morgan fingerprint density at radius 2 is 2.29 bits per heavy atom. The van der Waals surface area contributed by atoms with Gasteiger partial charge >= 0.3 is 0 Å². The summed E-state index contributed by atoms with van der Waals surface area (Å²) in [6.45, 7) is 0. The average Bonchev–Trinajstić information content (AvgIpc) is 2.19. The fourth-order valence-corrected chi connectivity index (χ4v) is 2.89. The molecule has 0 unspecified atom stereocenters. The van der Waals surface area contributed by atoms with Crippen LogP contribution in [0.25, 0.3) is 0 Å². The van der Waals surface area contributed by atoms with Gasteiger partial charge in [0.05, 0.1) is 7.11 Å². The number of fused-ring (bicyclic) bond motifs is 1. The van der Waals surface area contributed by atoms with E-state index in [1.54, 1.807) is 7.11 Å². The average molecular weight is 303 g/mol. The maximum Gasteiger partial charge on any atom is 0.120 e. The normalized spacial score (nSPS) is 20.4. The van der Waals surface area contributed by atoms with Gasteiger partial charge in [-0.25, -0.2) is 0 Å². The number of ether oxygens (including phenoxy) is 1. The summed E-state index contributed by atoms with van der Waals surface area (Å²) in [4.78, 5) is 0. The van der Waals surface area contributed by atoms with E-state index in [4.69, 9.17) is 10.5 Å². The molecule has 2 nitrogen and oxygen atoms in total. The standard InChI is InChI=1S/C11H14INO/c1-14-7-5-9-8(10(12)6-7)3-2-4-11(9)13/h5-6,11H,2-4,13H2,1H3/t11-/m0/s1. The highest BCUT2D eigenvalue weighted by Crippen LogP contribution is 2.34. The third-order valence-corrected chi connectivity index (χ3v) is 3.74. The van der Waals surface area contributed by atoms with Crippen molar-refractivity contribution < 1.29 is 4.74 Å². The molecule has 1 atom stereocenters. The van der Waals surface area contributed by atoms with E-state index in [9.17, 15) is 0 Å². The molecule has 1 aliphatic rings. The van der Waals surface area contributed by atoms with Crippen molar-refractivity contribution in [2.75, 3.05) is 7.11 Å². The predicted octanol–water partition coefficient (Wildman–Crippen LogP) is 2.64. The van der Waals surface area contributed by atoms with Gasteiger partial charge in [0, 0.05) is 9.61 Å². The Morgan fingerprint density at radius 3 is 3.00 bits per heavy atom. The molecule has 2 rings (SSSR count). The lowest BCUT2D eigenvalue weighted by atomic mass is 9.88. The maximum atomic E-state index is 6.08. The summed E-state index contributed by atoms with van der Waals surface area (Å²) in [6, 6.07) is 4.36. The number of benzene rings is 1. The van der Waals surface area contributed by atoms with Crippen molar-refractivity contribution in [3.8, 4) is 5.75 Å². The van der Waals surface area contributed by atoms with Crippen LogP contribution in [0.3, 0.4) is 0 Å². The number of rotatable bonds is 1. The Hall–Kier alpha value is -0.290. The molecule has 2 N–H and O–H groups in total. The van der Waals surface area contributed by atoms with Crippen LogP contribution in [0.1, 0.15) is 30.0 Å². The lowest BCUT2D eigenvalue weighted by Gasteiger charge is -2.23. The summed E-state index contributed by atoms with van der Waals surface area (Å²) >= 11 is 2.37. The van der Waals surface area contributed by atoms with Crippen molar-refractivity contribution >= 4 is 22.6 Å². The molecular formula is C11H14INO. The largest absolute Gasteiger partial charge is 0.497 e. The molecular weight excluding hydrogens is 289 g/mol. The van der Waals surface area contributed by atoms with Gasteiger partial charge in [-0.2, -0.15) is 0 Å². The third-order valence-electron chi connectivity index (χ3n) is 2.78. The van der Waals surface area contributed by atoms with Gasteiger partial charge in [-0.05, 0) is 65.1 Å². The third kappa shape index (κ3) is 1.75. The zero-order chi connectivity index (χ0) is 10.1. The van der Waals surface area contributed by atoms with Crippen LogP contribution in [0.5, 0.6) is 5.75 Å². The second kappa shape index (κ2) is 4.06. The lowest BCUT2D eigenvalue weighted by molar-refractivity contribution is 0.412. The molecule has 14 heavy (non-hydrogen) atoms. The molecule has 0 heterocycles. The first kappa shape index (κ1) is 10.2. The van der Waals surface area contributed by atoms with Crippen molar-refractivity contribution in [1.82, 2.24) is 0 Å². The molecule has 1 aromatic carbocycles. The SMILES string of the molecule is COc1cc(I)c2c(c1)[C@@H](N)CCC2. The summed E-state index contributed by atoms with van der Waals surface area (Å²) in [5.74, 6) is 0.922. The monoisotopic (exact) mass is 303 g/mol. The summed E-state index contributed by atoms with van der Waals surface area (Å²) in [7, 11) is 1.70. The summed E-state index contributed by atoms with van der Waals surface area (Å²) < 4.78 is 6.53. The van der Waals surface area contributed by atoms with Crippen LogP contribution < -0.4 is 10.5 Å². The molecule has 0 saturated carbocycles. The molecule has 0 spiro atoms. The van der Waals surface area contributed by atoms with Gasteiger partial charge in [0.25, 0.3) is 0 Å². The van der Waals surface area contributed by atoms with Crippen LogP contribution in [0.4, 0.5) is 0 Å². The fraction of sp³-hybridized carbons (Fsp3) is 0.455.